The Morgan fingerprint density at radius 3 is 2.68 bits per heavy atom. The van der Waals surface area contributed by atoms with Gasteiger partial charge in [0.15, 0.2) is 0 Å². The van der Waals surface area contributed by atoms with E-state index in [9.17, 15) is 25.2 Å². The average molecular weight is 783 g/mol. The van der Waals surface area contributed by atoms with Crippen LogP contribution in [0.25, 0.3) is 0 Å². The van der Waals surface area contributed by atoms with Gasteiger partial charge in [0.05, 0.1) is 18.3 Å². The molecular formula is C49H70N2O6. The molecule has 0 radical (unpaired) electrons. The van der Waals surface area contributed by atoms with Crippen LogP contribution in [0.4, 0.5) is 0 Å². The van der Waals surface area contributed by atoms with Crippen molar-refractivity contribution in [3.05, 3.63) is 106 Å². The summed E-state index contributed by atoms with van der Waals surface area (Å²) >= 11 is 0. The molecule has 1 spiro atoms. The van der Waals surface area contributed by atoms with Crippen molar-refractivity contribution in [3.63, 3.8) is 0 Å². The number of aliphatic hydroxyl groups is 4. The summed E-state index contributed by atoms with van der Waals surface area (Å²) in [6.45, 7) is 10.7. The Morgan fingerprint density at radius 2 is 1.95 bits per heavy atom. The lowest BCUT2D eigenvalue weighted by Gasteiger charge is -2.61. The van der Waals surface area contributed by atoms with Crippen LogP contribution in [0, 0.1) is 40.9 Å². The van der Waals surface area contributed by atoms with E-state index in [2.05, 4.69) is 72.7 Å². The fraction of sp³-hybridized carbons (Fsp3) is 0.612. The summed E-state index contributed by atoms with van der Waals surface area (Å²) in [6, 6.07) is 9.02. The van der Waals surface area contributed by atoms with E-state index in [0.29, 0.717) is 56.7 Å². The number of hydrogen-bond donors (Lipinski definition) is 6. The van der Waals surface area contributed by atoms with Crippen LogP contribution in [0.5, 0.6) is 0 Å². The standard InChI is InChI=1S/C49H70N2O6/c1-33(43-27-35-10-7-11-36(25-35)28-47(3,21-24-57-5)51-30-37-12-8-13-39(43)26-37)9-6-14-41(32-54)42-17-19-49(46(42)55)45-38(18-23-52)15-16-40(44(45)34(2)31-53)29-48(49,56)20-22-50-4/h6-7,9-11,14-16,25-26,31,38-40,42-43,45-46,50-52,54-56H,1,8,12-13,17-24,27-30,32H2,2-5H3/t38-,39-,40+,42-,43+,45-,46+,47+,48+,49+/m0/s1. The molecule has 8 heteroatoms. The van der Waals surface area contributed by atoms with Crippen molar-refractivity contribution >= 4 is 6.29 Å². The summed E-state index contributed by atoms with van der Waals surface area (Å²) in [5.41, 5.74) is 5.28. The van der Waals surface area contributed by atoms with Crippen molar-refractivity contribution in [3.8, 4) is 0 Å². The Labute approximate surface area is 342 Å². The molecule has 8 nitrogen and oxygen atoms in total. The Kier molecular flexibility index (Phi) is 14.5. The van der Waals surface area contributed by atoms with E-state index >= 15 is 0 Å². The van der Waals surface area contributed by atoms with Crippen molar-refractivity contribution in [2.75, 3.05) is 47.1 Å². The summed E-state index contributed by atoms with van der Waals surface area (Å²) in [5.74, 6) is -0.354. The highest BCUT2D eigenvalue weighted by Gasteiger charge is 2.68. The van der Waals surface area contributed by atoms with Gasteiger partial charge in [0.25, 0.3) is 0 Å². The van der Waals surface area contributed by atoms with Crippen molar-refractivity contribution in [2.24, 2.45) is 40.9 Å². The smallest absolute Gasteiger partial charge is 0.145 e. The number of allylic oxidation sites excluding steroid dienone is 9. The molecule has 10 atom stereocenters. The lowest BCUT2D eigenvalue weighted by molar-refractivity contribution is -0.194. The van der Waals surface area contributed by atoms with Crippen LogP contribution in [-0.2, 0) is 22.4 Å². The first-order chi connectivity index (χ1) is 27.5. The molecule has 2 saturated carbocycles. The number of methoxy groups -OCH3 is 1. The zero-order valence-corrected chi connectivity index (χ0v) is 35.0. The van der Waals surface area contributed by atoms with Crippen LogP contribution < -0.4 is 10.6 Å². The third-order valence-corrected chi connectivity index (χ3v) is 14.8. The van der Waals surface area contributed by atoms with E-state index in [1.807, 2.05) is 26.1 Å². The Morgan fingerprint density at radius 1 is 1.14 bits per heavy atom. The van der Waals surface area contributed by atoms with Gasteiger partial charge in [-0.1, -0.05) is 84.0 Å². The maximum atomic E-state index is 12.8. The Bertz CT molecular complexity index is 1740. The number of fused-ring (bicyclic) bond motifs is 6. The van der Waals surface area contributed by atoms with Crippen molar-refractivity contribution in [2.45, 2.75) is 102 Å². The number of carbonyl (C=O) groups excluding carboxylic acids is 1. The van der Waals surface area contributed by atoms with Gasteiger partial charge in [0.1, 0.15) is 6.29 Å². The molecule has 0 saturated heterocycles. The number of benzene rings is 1. The lowest BCUT2D eigenvalue weighted by Crippen LogP contribution is -2.65. The summed E-state index contributed by atoms with van der Waals surface area (Å²) in [7, 11) is 3.65. The molecule has 0 amide bonds. The topological polar surface area (TPSA) is 131 Å². The van der Waals surface area contributed by atoms with E-state index in [-0.39, 0.29) is 48.3 Å². The second kappa shape index (κ2) is 19.0. The van der Waals surface area contributed by atoms with Gasteiger partial charge in [0.2, 0.25) is 0 Å². The summed E-state index contributed by atoms with van der Waals surface area (Å²) in [5, 5.41) is 53.7. The number of carbonyl (C=O) groups is 1. The van der Waals surface area contributed by atoms with E-state index in [4.69, 9.17) is 4.74 Å². The molecule has 4 aliphatic carbocycles. The van der Waals surface area contributed by atoms with Crippen LogP contribution in [0.3, 0.4) is 0 Å². The summed E-state index contributed by atoms with van der Waals surface area (Å²) < 4.78 is 5.50. The number of nitrogens with one attached hydrogen (secondary N) is 2. The molecule has 312 valence electrons. The number of rotatable bonds is 14. The number of hydrogen-bond acceptors (Lipinski definition) is 8. The monoisotopic (exact) mass is 783 g/mol. The molecule has 1 aliphatic heterocycles. The Balaban J connectivity index is 1.29. The molecule has 6 rings (SSSR count). The predicted octanol–water partition coefficient (Wildman–Crippen LogP) is 6.36. The molecule has 2 fully saturated rings. The van der Waals surface area contributed by atoms with E-state index in [0.717, 1.165) is 68.1 Å². The van der Waals surface area contributed by atoms with E-state index in [1.54, 1.807) is 7.11 Å². The van der Waals surface area contributed by atoms with Crippen LogP contribution in [0.1, 0.15) is 82.8 Å². The predicted molar refractivity (Wildman–Crippen MR) is 228 cm³/mol. The fourth-order valence-corrected chi connectivity index (χ4v) is 11.8. The summed E-state index contributed by atoms with van der Waals surface area (Å²) in [4.78, 5) is 12.3. The quantitative estimate of drug-likeness (QED) is 0.0557. The average Bonchev–Trinajstić information content (AvgIpc) is 3.55. The summed E-state index contributed by atoms with van der Waals surface area (Å²) in [6.07, 6.45) is 21.4. The van der Waals surface area contributed by atoms with Crippen LogP contribution in [0.2, 0.25) is 0 Å². The molecule has 0 unspecified atom stereocenters. The third-order valence-electron chi connectivity index (χ3n) is 14.8. The largest absolute Gasteiger partial charge is 0.396 e. The van der Waals surface area contributed by atoms with E-state index in [1.165, 1.54) is 16.7 Å². The zero-order valence-electron chi connectivity index (χ0n) is 35.0. The maximum Gasteiger partial charge on any atom is 0.145 e. The van der Waals surface area contributed by atoms with Gasteiger partial charge in [-0.15, -0.1) is 0 Å². The van der Waals surface area contributed by atoms with Crippen LogP contribution >= 0.6 is 0 Å². The molecule has 1 aromatic carbocycles. The molecule has 1 heterocycles. The first kappa shape index (κ1) is 43.6. The van der Waals surface area contributed by atoms with Gasteiger partial charge in [-0.2, -0.15) is 0 Å². The van der Waals surface area contributed by atoms with Crippen molar-refractivity contribution in [1.82, 2.24) is 10.6 Å². The van der Waals surface area contributed by atoms with Gasteiger partial charge < -0.3 is 35.8 Å². The second-order valence-electron chi connectivity index (χ2n) is 18.3. The molecule has 5 aliphatic rings. The van der Waals surface area contributed by atoms with Crippen LogP contribution in [-0.4, -0.2) is 91.0 Å². The highest BCUT2D eigenvalue weighted by Crippen LogP contribution is 2.67. The van der Waals surface area contributed by atoms with Gasteiger partial charge in [-0.05, 0) is 144 Å². The second-order valence-corrected chi connectivity index (χ2v) is 18.3. The Hall–Kier alpha value is -2.95. The highest BCUT2D eigenvalue weighted by atomic mass is 16.5. The van der Waals surface area contributed by atoms with Gasteiger partial charge in [-0.25, -0.2) is 0 Å². The van der Waals surface area contributed by atoms with E-state index < -0.39 is 17.1 Å². The minimum absolute atomic E-state index is 0.0276. The van der Waals surface area contributed by atoms with Crippen molar-refractivity contribution in [1.29, 1.82) is 0 Å². The minimum atomic E-state index is -1.22. The lowest BCUT2D eigenvalue weighted by atomic mass is 9.45. The van der Waals surface area contributed by atoms with Crippen LogP contribution in [0.15, 0.2) is 95.2 Å². The van der Waals surface area contributed by atoms with Gasteiger partial charge in [-0.3, -0.25) is 4.79 Å². The number of aliphatic hydroxyl groups excluding tert-OH is 3. The maximum absolute atomic E-state index is 12.8. The van der Waals surface area contributed by atoms with Gasteiger partial charge >= 0.3 is 0 Å². The molecule has 6 bridgehead atoms. The third kappa shape index (κ3) is 8.98. The normalized spacial score (nSPS) is 36.5. The molecule has 1 aromatic rings. The first-order valence-electron chi connectivity index (χ1n) is 21.6. The molecule has 57 heavy (non-hydrogen) atoms. The first-order valence-corrected chi connectivity index (χ1v) is 21.6. The van der Waals surface area contributed by atoms with Gasteiger partial charge in [0, 0.05) is 49.7 Å². The highest BCUT2D eigenvalue weighted by molar-refractivity contribution is 5.74. The SMILES string of the molecule is C=C(C=CC=C(CO)[C@@H]1CC[C@]2([C@@H]1O)[C@@H]1C(=C(C)C=O)[C@H](C=C[C@H]1CCO)C[C@]2(O)CCNC)[C@H]1Cc2cccc(c2)C[C@@](C)(CCOC)NCC2=C[C@@H]1CCC2. The minimum Gasteiger partial charge on any atom is -0.396 e. The number of ether oxygens (including phenoxy) is 1. The van der Waals surface area contributed by atoms with Crippen molar-refractivity contribution < 1.29 is 30.0 Å². The zero-order chi connectivity index (χ0) is 40.8. The fourth-order valence-electron chi connectivity index (χ4n) is 11.8. The molecular weight excluding hydrogens is 713 g/mol. The molecule has 6 N–H and O–H groups in total. The number of aldehydes is 1. The molecule has 0 aromatic heterocycles.